The molecule has 0 saturated carbocycles. The number of anilines is 1. The molecular formula is C8H14N4O3S. The van der Waals surface area contributed by atoms with E-state index in [2.05, 4.69) is 14.9 Å². The van der Waals surface area contributed by atoms with Crippen LogP contribution in [0.2, 0.25) is 0 Å². The minimum atomic E-state index is -3.61. The summed E-state index contributed by atoms with van der Waals surface area (Å²) in [4.78, 5) is -0.0217. The molecule has 8 heteroatoms. The van der Waals surface area contributed by atoms with E-state index in [-0.39, 0.29) is 22.9 Å². The van der Waals surface area contributed by atoms with Crippen LogP contribution in [-0.4, -0.2) is 37.4 Å². The topological polar surface area (TPSA) is 110 Å². The quantitative estimate of drug-likeness (QED) is 0.662. The predicted molar refractivity (Wildman–Crippen MR) is 57.1 cm³/mol. The molecule has 0 spiro atoms. The van der Waals surface area contributed by atoms with E-state index in [9.17, 15) is 8.42 Å². The number of rotatable bonds is 3. The van der Waals surface area contributed by atoms with Crippen molar-refractivity contribution in [2.75, 3.05) is 12.3 Å². The fourth-order valence-electron chi connectivity index (χ4n) is 1.65. The Balaban J connectivity index is 2.18. The van der Waals surface area contributed by atoms with Gasteiger partial charge < -0.3 is 10.5 Å². The van der Waals surface area contributed by atoms with E-state index in [1.807, 2.05) is 6.92 Å². The van der Waals surface area contributed by atoms with Crippen molar-refractivity contribution in [3.05, 3.63) is 6.20 Å². The largest absolute Gasteiger partial charge is 0.383 e. The minimum Gasteiger partial charge on any atom is -0.383 e. The van der Waals surface area contributed by atoms with Crippen LogP contribution >= 0.6 is 0 Å². The standard InChI is InChI=1S/C8H14N4O3S/c1-5-6(2-3-15-5)12-16(13,14)7-4-10-11-8(7)9/h4-6,12H,2-3H2,1H3,(H3,9,10,11). The number of sulfonamides is 1. The fraction of sp³-hybridized carbons (Fsp3) is 0.625. The molecule has 1 saturated heterocycles. The number of nitrogens with one attached hydrogen (secondary N) is 2. The molecule has 7 nitrogen and oxygen atoms in total. The number of ether oxygens (including phenoxy) is 1. The maximum atomic E-state index is 11.9. The van der Waals surface area contributed by atoms with E-state index in [1.165, 1.54) is 6.20 Å². The van der Waals surface area contributed by atoms with Crippen molar-refractivity contribution in [1.82, 2.24) is 14.9 Å². The zero-order valence-corrected chi connectivity index (χ0v) is 9.62. The van der Waals surface area contributed by atoms with Gasteiger partial charge in [0, 0.05) is 6.61 Å². The highest BCUT2D eigenvalue weighted by molar-refractivity contribution is 7.89. The van der Waals surface area contributed by atoms with Gasteiger partial charge in [-0.1, -0.05) is 0 Å². The molecule has 90 valence electrons. The number of aromatic amines is 1. The van der Waals surface area contributed by atoms with E-state index in [0.717, 1.165) is 0 Å². The van der Waals surface area contributed by atoms with Crippen LogP contribution in [0.4, 0.5) is 5.82 Å². The molecule has 0 bridgehead atoms. The summed E-state index contributed by atoms with van der Waals surface area (Å²) in [5, 5.41) is 5.97. The van der Waals surface area contributed by atoms with Gasteiger partial charge in [0.05, 0.1) is 18.3 Å². The van der Waals surface area contributed by atoms with Crippen LogP contribution in [0.5, 0.6) is 0 Å². The molecule has 1 aromatic rings. The molecule has 0 amide bonds. The summed E-state index contributed by atoms with van der Waals surface area (Å²) < 4.78 is 31.7. The predicted octanol–water partition coefficient (Wildman–Crippen LogP) is -0.552. The van der Waals surface area contributed by atoms with Crippen LogP contribution in [0.25, 0.3) is 0 Å². The first-order chi connectivity index (χ1) is 7.50. The summed E-state index contributed by atoms with van der Waals surface area (Å²) in [5.74, 6) is 0.0408. The lowest BCUT2D eigenvalue weighted by atomic mass is 10.2. The van der Waals surface area contributed by atoms with Crippen molar-refractivity contribution in [2.45, 2.75) is 30.4 Å². The molecule has 1 fully saturated rings. The lowest BCUT2D eigenvalue weighted by molar-refractivity contribution is 0.117. The molecule has 1 aliphatic rings. The fourth-order valence-corrected chi connectivity index (χ4v) is 3.01. The third-order valence-electron chi connectivity index (χ3n) is 2.60. The van der Waals surface area contributed by atoms with Gasteiger partial charge in [-0.15, -0.1) is 0 Å². The van der Waals surface area contributed by atoms with Crippen LogP contribution in [0.3, 0.4) is 0 Å². The van der Waals surface area contributed by atoms with Gasteiger partial charge in [-0.25, -0.2) is 13.1 Å². The second kappa shape index (κ2) is 4.04. The number of hydrogen-bond acceptors (Lipinski definition) is 5. The van der Waals surface area contributed by atoms with Gasteiger partial charge in [0.15, 0.2) is 0 Å². The molecule has 0 radical (unpaired) electrons. The van der Waals surface area contributed by atoms with Crippen molar-refractivity contribution >= 4 is 15.8 Å². The second-order valence-electron chi connectivity index (χ2n) is 3.74. The van der Waals surface area contributed by atoms with Crippen molar-refractivity contribution in [2.24, 2.45) is 0 Å². The lowest BCUT2D eigenvalue weighted by Crippen LogP contribution is -2.39. The smallest absolute Gasteiger partial charge is 0.246 e. The Hall–Kier alpha value is -1.12. The van der Waals surface area contributed by atoms with Crippen LogP contribution in [0.1, 0.15) is 13.3 Å². The number of hydrogen-bond donors (Lipinski definition) is 3. The third-order valence-corrected chi connectivity index (χ3v) is 4.12. The zero-order chi connectivity index (χ0) is 11.8. The number of nitrogens with zero attached hydrogens (tertiary/aromatic N) is 1. The number of nitrogens with two attached hydrogens (primary N) is 1. The monoisotopic (exact) mass is 246 g/mol. The van der Waals surface area contributed by atoms with E-state index < -0.39 is 10.0 Å². The Morgan fingerprint density at radius 2 is 2.44 bits per heavy atom. The van der Waals surface area contributed by atoms with Crippen LogP contribution in [0, 0.1) is 0 Å². The average Bonchev–Trinajstić information content (AvgIpc) is 2.76. The molecular weight excluding hydrogens is 232 g/mol. The molecule has 2 unspecified atom stereocenters. The Labute approximate surface area is 93.4 Å². The van der Waals surface area contributed by atoms with Gasteiger partial charge in [0.2, 0.25) is 10.0 Å². The summed E-state index contributed by atoms with van der Waals surface area (Å²) >= 11 is 0. The molecule has 4 N–H and O–H groups in total. The molecule has 16 heavy (non-hydrogen) atoms. The summed E-state index contributed by atoms with van der Waals surface area (Å²) in [5.41, 5.74) is 5.47. The van der Waals surface area contributed by atoms with E-state index in [1.54, 1.807) is 0 Å². The highest BCUT2D eigenvalue weighted by Crippen LogP contribution is 2.18. The molecule has 0 aromatic carbocycles. The van der Waals surface area contributed by atoms with Gasteiger partial charge in [0.1, 0.15) is 10.7 Å². The lowest BCUT2D eigenvalue weighted by Gasteiger charge is -2.15. The Morgan fingerprint density at radius 3 is 2.94 bits per heavy atom. The van der Waals surface area contributed by atoms with Crippen LogP contribution in [0.15, 0.2) is 11.1 Å². The van der Waals surface area contributed by atoms with E-state index in [4.69, 9.17) is 10.5 Å². The maximum absolute atomic E-state index is 11.9. The second-order valence-corrected chi connectivity index (χ2v) is 5.42. The molecule has 0 aliphatic carbocycles. The number of nitrogen functional groups attached to an aromatic ring is 1. The highest BCUT2D eigenvalue weighted by Gasteiger charge is 2.30. The minimum absolute atomic E-state index is 0.0217. The normalized spacial score (nSPS) is 26.1. The number of H-pyrrole nitrogens is 1. The Bertz CT molecular complexity index is 469. The first kappa shape index (κ1) is 11.4. The molecule has 1 aliphatic heterocycles. The zero-order valence-electron chi connectivity index (χ0n) is 8.80. The third kappa shape index (κ3) is 2.04. The van der Waals surface area contributed by atoms with Crippen molar-refractivity contribution in [1.29, 1.82) is 0 Å². The van der Waals surface area contributed by atoms with Crippen molar-refractivity contribution in [3.8, 4) is 0 Å². The first-order valence-electron chi connectivity index (χ1n) is 4.93. The van der Waals surface area contributed by atoms with E-state index >= 15 is 0 Å². The van der Waals surface area contributed by atoms with Gasteiger partial charge in [-0.3, -0.25) is 5.10 Å². The average molecular weight is 246 g/mol. The van der Waals surface area contributed by atoms with Crippen molar-refractivity contribution < 1.29 is 13.2 Å². The summed E-state index contributed by atoms with van der Waals surface area (Å²) in [7, 11) is -3.61. The molecule has 2 atom stereocenters. The summed E-state index contributed by atoms with van der Waals surface area (Å²) in [6, 6.07) is -0.209. The van der Waals surface area contributed by atoms with Crippen LogP contribution < -0.4 is 10.5 Å². The Kier molecular flexibility index (Phi) is 2.87. The van der Waals surface area contributed by atoms with Crippen molar-refractivity contribution in [3.63, 3.8) is 0 Å². The molecule has 2 heterocycles. The number of aromatic nitrogens is 2. The Morgan fingerprint density at radius 1 is 1.69 bits per heavy atom. The van der Waals surface area contributed by atoms with Gasteiger partial charge in [0.25, 0.3) is 0 Å². The maximum Gasteiger partial charge on any atom is 0.246 e. The van der Waals surface area contributed by atoms with E-state index in [0.29, 0.717) is 13.0 Å². The SMILES string of the molecule is CC1OCCC1NS(=O)(=O)c1cn[nH]c1N. The highest BCUT2D eigenvalue weighted by atomic mass is 32.2. The van der Waals surface area contributed by atoms with Crippen LogP contribution in [-0.2, 0) is 14.8 Å². The summed E-state index contributed by atoms with van der Waals surface area (Å²) in [6.45, 7) is 2.40. The van der Waals surface area contributed by atoms with Gasteiger partial charge in [-0.05, 0) is 13.3 Å². The first-order valence-corrected chi connectivity index (χ1v) is 6.42. The molecule has 2 rings (SSSR count). The van der Waals surface area contributed by atoms with Gasteiger partial charge in [-0.2, -0.15) is 5.10 Å². The molecule has 1 aromatic heterocycles. The summed E-state index contributed by atoms with van der Waals surface area (Å²) in [6.07, 6.45) is 1.74. The van der Waals surface area contributed by atoms with Gasteiger partial charge >= 0.3 is 0 Å².